The van der Waals surface area contributed by atoms with Gasteiger partial charge < -0.3 is 53.4 Å². The number of nitrogens with zero attached hydrogens (tertiary/aromatic N) is 5. The van der Waals surface area contributed by atoms with Crippen molar-refractivity contribution in [3.63, 3.8) is 0 Å². The summed E-state index contributed by atoms with van der Waals surface area (Å²) >= 11 is 0. The van der Waals surface area contributed by atoms with Gasteiger partial charge in [0.05, 0.1) is 81.2 Å². The molecule has 0 amide bonds. The largest absolute Gasteiger partial charge is 0.552 e. The molecule has 0 atom stereocenters. The van der Waals surface area contributed by atoms with E-state index in [0.29, 0.717) is 67.3 Å². The second-order valence-electron chi connectivity index (χ2n) is 34.9. The molecule has 31 nitrogen and oxygen atoms in total. The number of nitrogens with one attached hydrogen (secondary N) is 6. The summed E-state index contributed by atoms with van der Waals surface area (Å²) in [5.74, 6) is 12.5. The minimum atomic E-state index is -3.70. The van der Waals surface area contributed by atoms with Crippen LogP contribution in [0.5, 0.6) is 28.7 Å². The second-order valence-corrected chi connectivity index (χ2v) is 44.4. The van der Waals surface area contributed by atoms with Gasteiger partial charge in [0.15, 0.2) is 0 Å². The molecule has 11 N–H and O–H groups in total. The fourth-order valence-corrected chi connectivity index (χ4v) is 25.7. The number of rotatable bonds is 22. The van der Waals surface area contributed by atoms with E-state index < -0.39 is 91.5 Å². The van der Waals surface area contributed by atoms with E-state index in [-0.39, 0.29) is 87.2 Å². The van der Waals surface area contributed by atoms with Gasteiger partial charge in [0.25, 0.3) is 0 Å². The maximum atomic E-state index is 13.1. The molecule has 0 bridgehead atoms. The van der Waals surface area contributed by atoms with Crippen molar-refractivity contribution in [3.05, 3.63) is 200 Å². The zero-order chi connectivity index (χ0) is 89.5. The van der Waals surface area contributed by atoms with Crippen LogP contribution in [-0.4, -0.2) is 185 Å². The van der Waals surface area contributed by atoms with Crippen LogP contribution >= 0.6 is 0 Å². The van der Waals surface area contributed by atoms with Gasteiger partial charge in [0.1, 0.15) is 40.2 Å². The maximum Gasteiger partial charge on any atom is 0.552 e. The third kappa shape index (κ3) is 19.0. The fraction of sp³-hybridized carbons (Fsp3) is 0.407. The number of fused-ring (bicyclic) bond motifs is 15. The van der Waals surface area contributed by atoms with Gasteiger partial charge in [-0.2, -0.15) is 0 Å². The Morgan fingerprint density at radius 1 is 0.398 bits per heavy atom. The van der Waals surface area contributed by atoms with Crippen molar-refractivity contribution in [2.24, 2.45) is 29.6 Å². The molecule has 0 saturated heterocycles. The van der Waals surface area contributed by atoms with Crippen LogP contribution in [0.2, 0.25) is 0 Å². The van der Waals surface area contributed by atoms with E-state index in [0.717, 1.165) is 201 Å². The minimum absolute atomic E-state index is 0.00892. The zero-order valence-corrected chi connectivity index (χ0v) is 74.5. The Morgan fingerprint density at radius 3 is 1.03 bits per heavy atom. The molecular formula is C86H97B5FN11O20S5. The maximum absolute atomic E-state index is 13.1. The topological polar surface area (TPSA) is 458 Å². The van der Waals surface area contributed by atoms with E-state index in [2.05, 4.69) is 90.0 Å². The highest BCUT2D eigenvalue weighted by Crippen LogP contribution is 2.53. The van der Waals surface area contributed by atoms with Crippen molar-refractivity contribution in [3.8, 4) is 28.7 Å². The van der Waals surface area contributed by atoms with Crippen molar-refractivity contribution in [1.29, 1.82) is 0 Å². The summed E-state index contributed by atoms with van der Waals surface area (Å²) in [5, 5.41) is 50.8. The molecule has 128 heavy (non-hydrogen) atoms. The summed E-state index contributed by atoms with van der Waals surface area (Å²) in [6.07, 6.45) is 39.6. The van der Waals surface area contributed by atoms with E-state index in [1.807, 2.05) is 38.3 Å². The fourth-order valence-electron chi connectivity index (χ4n) is 19.3. The van der Waals surface area contributed by atoms with Gasteiger partial charge in [-0.15, -0.1) is 0 Å². The van der Waals surface area contributed by atoms with Crippen molar-refractivity contribution in [2.75, 3.05) is 17.3 Å². The quantitative estimate of drug-likeness (QED) is 0.0288. The Kier molecular flexibility index (Phi) is 25.2. The highest BCUT2D eigenvalue weighted by Gasteiger charge is 2.47. The smallest absolute Gasteiger partial charge is 0.531 e. The van der Waals surface area contributed by atoms with Crippen molar-refractivity contribution in [2.45, 2.75) is 177 Å². The van der Waals surface area contributed by atoms with Crippen LogP contribution < -0.4 is 46.9 Å². The van der Waals surface area contributed by atoms with Crippen molar-refractivity contribution >= 4 is 149 Å². The lowest BCUT2D eigenvalue weighted by Crippen LogP contribution is -2.46. The number of allylic oxidation sites excluding steroid dienone is 9. The predicted molar refractivity (Wildman–Crippen MR) is 488 cm³/mol. The molecule has 22 rings (SSSR count). The molecule has 7 aromatic rings. The molecular weight excluding hydrogens is 1740 g/mol. The Hall–Kier alpha value is -9.23. The normalized spacial score (nSPS) is 24.3. The van der Waals surface area contributed by atoms with Gasteiger partial charge in [0, 0.05) is 118 Å². The summed E-state index contributed by atoms with van der Waals surface area (Å²) in [7, 11) is -21.4. The molecule has 0 radical (unpaired) electrons. The van der Waals surface area contributed by atoms with Gasteiger partial charge in [-0.1, -0.05) is 62.5 Å². The number of halogens is 1. The summed E-state index contributed by atoms with van der Waals surface area (Å²) in [4.78, 5) is 25.1. The first-order valence-electron chi connectivity index (χ1n) is 43.6. The van der Waals surface area contributed by atoms with Crippen molar-refractivity contribution in [1.82, 2.24) is 53.5 Å². The number of H-pyrrole nitrogens is 1. The minimum Gasteiger partial charge on any atom is -0.531 e. The van der Waals surface area contributed by atoms with Crippen LogP contribution in [0, 0.1) is 35.4 Å². The molecule has 6 fully saturated rings. The molecule has 6 saturated carbocycles. The molecule has 0 spiro atoms. The highest BCUT2D eigenvalue weighted by atomic mass is 32.2. The summed E-state index contributed by atoms with van der Waals surface area (Å²) in [5.41, 5.74) is 19.0. The Bertz CT molecular complexity index is 6330. The van der Waals surface area contributed by atoms with E-state index in [4.69, 9.17) is 23.3 Å². The van der Waals surface area contributed by atoms with Crippen LogP contribution in [0.1, 0.15) is 184 Å². The molecule has 6 aromatic heterocycles. The predicted octanol–water partition coefficient (Wildman–Crippen LogP) is 7.83. The Morgan fingerprint density at radius 2 is 0.703 bits per heavy atom. The first-order chi connectivity index (χ1) is 61.3. The molecule has 11 heterocycles. The van der Waals surface area contributed by atoms with Crippen molar-refractivity contribution < 1.29 is 94.9 Å². The highest BCUT2D eigenvalue weighted by molar-refractivity contribution is 7.90. The molecule has 0 unspecified atom stereocenters. The number of pyridine rings is 5. The van der Waals surface area contributed by atoms with Crippen LogP contribution in [0.3, 0.4) is 0 Å². The number of hydrogen-bond donors (Lipinski definition) is 11. The number of aromatic nitrogens is 6. The number of benzene rings is 1. The average Bonchev–Trinajstić information content (AvgIpc) is 1.34. The summed E-state index contributed by atoms with van der Waals surface area (Å²) < 4.78 is 175. The Labute approximate surface area is 744 Å². The first kappa shape index (κ1) is 89.4. The van der Waals surface area contributed by atoms with Gasteiger partial charge in [-0.05, 0) is 214 Å². The van der Waals surface area contributed by atoms with E-state index in [9.17, 15) is 71.6 Å². The van der Waals surface area contributed by atoms with Crippen LogP contribution in [0.25, 0.3) is 63.2 Å². The average molecular weight is 1840 g/mol. The van der Waals surface area contributed by atoms with E-state index in [1.54, 1.807) is 67.8 Å². The van der Waals surface area contributed by atoms with Gasteiger partial charge in [-0.3, -0.25) is 19.9 Å². The standard InChI is InChI=1S/C20H18BFN2O4S.C17H19BN2O4S.2C17H21BN2O4S.C15H18BN3O4S/c22-13-4-6-15(7-5-13)29(26,27)24-14-8-12(9-14)17-10-21(25)28-19-11-23-18-3-1-2-16(18)20(17)19;21-18-8-14(10-6-11(7-10)20-25(22,23)12-4-5-12)17-13-2-1-3-15(13)19-9-16(17)24-18;2*1-2-6-25(22,23)20-12-7-11(8-12)14-9-18(21)24-16-10-19-15-5-3-4-13(15)17(14)16;1-2-24(21,22)19-10-5-9(6-10)12-7-16(20)23-13-8-18-15-11(14(12)13)3-4-17-15/h1-2,4-7,10-12,14,24-25H,3,8-9H2;1-2,8-12,20-21H,3-7H2;2*3-4,9-12,20-21H,2,5-8H2,1H3;3-4,7-10,19-20H,2,5-6H2,1H3,(H,17,18). The Balaban J connectivity index is 0.000000108. The van der Waals surface area contributed by atoms with Crippen LogP contribution in [0.15, 0.2) is 127 Å². The molecule has 10 aliphatic carbocycles. The van der Waals surface area contributed by atoms with Gasteiger partial charge in [-0.25, -0.2) is 75.1 Å². The lowest BCUT2D eigenvalue weighted by Gasteiger charge is -2.39. The molecule has 668 valence electrons. The SMILES string of the molecule is CCCS(=O)(=O)NC1CC(C2=CB(O)Oc3cnc4c(c32)C=CC4)C1.CCCS(=O)(=O)NC1CC(C2=CB(O)Oc3cnc4c(c32)C=CC4)C1.CCS(=O)(=O)NC1CC(C2=CB(O)Oc3cnc4[nH]ccc4c32)C1.O=S(=O)(NC1CC(C2=CB(O)Oc3cnc4c(c32)C=CC4)C1)C1CC1.O=S(=O)(NC1CC(C2=CB(O)Oc3cnc4c(c32)C=CC4)C1)c1ccc(F)cc1. The monoisotopic (exact) mass is 1840 g/mol. The third-order valence-electron chi connectivity index (χ3n) is 25.9. The van der Waals surface area contributed by atoms with Gasteiger partial charge in [0.2, 0.25) is 50.1 Å². The molecule has 42 heteroatoms. The number of aromatic amines is 1. The molecule has 1 aromatic carbocycles. The van der Waals surface area contributed by atoms with E-state index >= 15 is 0 Å². The zero-order valence-electron chi connectivity index (χ0n) is 70.5. The molecule has 5 aliphatic heterocycles. The lowest BCUT2D eigenvalue weighted by atomic mass is 9.68. The first-order valence-corrected chi connectivity index (χ1v) is 51.6. The van der Waals surface area contributed by atoms with E-state index in [1.165, 1.54) is 12.1 Å². The van der Waals surface area contributed by atoms with Gasteiger partial charge >= 0.3 is 35.6 Å². The summed E-state index contributed by atoms with van der Waals surface area (Å²) in [6.45, 7) is 5.34. The number of hydrogen-bond acceptors (Lipinski definition) is 25. The third-order valence-corrected chi connectivity index (χ3v) is 34.2. The second kappa shape index (κ2) is 36.2. The lowest BCUT2D eigenvalue weighted by molar-refractivity contribution is 0.308. The summed E-state index contributed by atoms with van der Waals surface area (Å²) in [6, 6.07) is 6.37. The van der Waals surface area contributed by atoms with Crippen LogP contribution in [-0.2, 0) is 75.8 Å². The molecule has 15 aliphatic rings. The van der Waals surface area contributed by atoms with Crippen LogP contribution in [0.4, 0.5) is 4.39 Å². The number of sulfonamides is 5.